The number of aryl methyl sites for hydroxylation is 2. The standard InChI is InChI=1S/C24H28F4O/c1-14-5-7-18(8-6-14)11-19-12-21(25)23(22(26)13-19)24(27,28)29-20-9-15(2)17(4)16(3)10-20/h9-10,12-14,18H,5-8,11H2,1-4H3. The van der Waals surface area contributed by atoms with Crippen molar-refractivity contribution in [2.45, 2.75) is 65.9 Å². The molecule has 0 saturated heterocycles. The van der Waals surface area contributed by atoms with Crippen molar-refractivity contribution in [3.05, 3.63) is 63.7 Å². The van der Waals surface area contributed by atoms with E-state index in [1.54, 1.807) is 13.8 Å². The van der Waals surface area contributed by atoms with Crippen LogP contribution in [0.1, 0.15) is 60.4 Å². The van der Waals surface area contributed by atoms with Gasteiger partial charge in [-0.2, -0.15) is 8.78 Å². The minimum absolute atomic E-state index is 0.116. The van der Waals surface area contributed by atoms with E-state index in [1.165, 1.54) is 12.1 Å². The topological polar surface area (TPSA) is 9.23 Å². The van der Waals surface area contributed by atoms with Crippen LogP contribution in [0.15, 0.2) is 24.3 Å². The molecule has 1 nitrogen and oxygen atoms in total. The molecule has 1 saturated carbocycles. The lowest BCUT2D eigenvalue weighted by molar-refractivity contribution is -0.189. The Morgan fingerprint density at radius 2 is 1.41 bits per heavy atom. The van der Waals surface area contributed by atoms with Gasteiger partial charge in [-0.25, -0.2) is 8.78 Å². The van der Waals surface area contributed by atoms with E-state index in [4.69, 9.17) is 4.74 Å². The van der Waals surface area contributed by atoms with Crippen LogP contribution in [-0.2, 0) is 12.5 Å². The summed E-state index contributed by atoms with van der Waals surface area (Å²) in [7, 11) is 0. The summed E-state index contributed by atoms with van der Waals surface area (Å²) >= 11 is 0. The normalized spacial score (nSPS) is 20.0. The van der Waals surface area contributed by atoms with Crippen molar-refractivity contribution >= 4 is 0 Å². The molecule has 0 aromatic heterocycles. The molecule has 0 spiro atoms. The van der Waals surface area contributed by atoms with Crippen molar-refractivity contribution in [3.63, 3.8) is 0 Å². The molecule has 1 fully saturated rings. The first-order valence-corrected chi connectivity index (χ1v) is 10.2. The molecule has 0 atom stereocenters. The highest BCUT2D eigenvalue weighted by Gasteiger charge is 2.41. The summed E-state index contributed by atoms with van der Waals surface area (Å²) in [6, 6.07) is 4.95. The van der Waals surface area contributed by atoms with Gasteiger partial charge in [0.15, 0.2) is 0 Å². The van der Waals surface area contributed by atoms with E-state index >= 15 is 0 Å². The molecule has 0 N–H and O–H groups in total. The summed E-state index contributed by atoms with van der Waals surface area (Å²) in [6.07, 6.45) is 0.573. The van der Waals surface area contributed by atoms with Crippen molar-refractivity contribution in [1.29, 1.82) is 0 Å². The van der Waals surface area contributed by atoms with Gasteiger partial charge in [-0.05, 0) is 98.4 Å². The Bertz CT molecular complexity index is 836. The van der Waals surface area contributed by atoms with Crippen molar-refractivity contribution in [3.8, 4) is 5.75 Å². The van der Waals surface area contributed by atoms with Gasteiger partial charge in [-0.3, -0.25) is 0 Å². The number of benzene rings is 2. The van der Waals surface area contributed by atoms with E-state index in [2.05, 4.69) is 6.92 Å². The summed E-state index contributed by atoms with van der Waals surface area (Å²) in [5.74, 6) is -1.64. The molecule has 0 aliphatic heterocycles. The van der Waals surface area contributed by atoms with Gasteiger partial charge in [0.1, 0.15) is 22.9 Å². The van der Waals surface area contributed by atoms with Gasteiger partial charge < -0.3 is 4.74 Å². The number of hydrogen-bond donors (Lipinski definition) is 0. The summed E-state index contributed by atoms with van der Waals surface area (Å²) in [5, 5.41) is 0. The second-order valence-electron chi connectivity index (χ2n) is 8.57. The molecule has 29 heavy (non-hydrogen) atoms. The van der Waals surface area contributed by atoms with Gasteiger partial charge >= 0.3 is 6.11 Å². The van der Waals surface area contributed by atoms with Gasteiger partial charge in [-0.15, -0.1) is 0 Å². The van der Waals surface area contributed by atoms with Crippen LogP contribution in [0.3, 0.4) is 0 Å². The molecule has 2 aromatic rings. The van der Waals surface area contributed by atoms with Crippen LogP contribution >= 0.6 is 0 Å². The lowest BCUT2D eigenvalue weighted by Crippen LogP contribution is -2.25. The zero-order valence-corrected chi connectivity index (χ0v) is 17.4. The van der Waals surface area contributed by atoms with E-state index < -0.39 is 23.3 Å². The van der Waals surface area contributed by atoms with Crippen molar-refractivity contribution in [1.82, 2.24) is 0 Å². The van der Waals surface area contributed by atoms with Crippen LogP contribution < -0.4 is 4.74 Å². The monoisotopic (exact) mass is 408 g/mol. The number of hydrogen-bond acceptors (Lipinski definition) is 1. The van der Waals surface area contributed by atoms with Gasteiger partial charge in [0.05, 0.1) is 0 Å². The maximum absolute atomic E-state index is 14.7. The first-order valence-electron chi connectivity index (χ1n) is 10.2. The maximum atomic E-state index is 14.7. The van der Waals surface area contributed by atoms with E-state index in [-0.39, 0.29) is 5.75 Å². The summed E-state index contributed by atoms with van der Waals surface area (Å²) < 4.78 is 63.2. The Morgan fingerprint density at radius 3 is 1.93 bits per heavy atom. The summed E-state index contributed by atoms with van der Waals surface area (Å²) in [4.78, 5) is 0. The molecule has 5 heteroatoms. The van der Waals surface area contributed by atoms with Gasteiger partial charge in [0.25, 0.3) is 0 Å². The molecule has 0 amide bonds. The maximum Gasteiger partial charge on any atom is 0.432 e. The predicted octanol–water partition coefficient (Wildman–Crippen LogP) is 7.39. The molecule has 0 unspecified atom stereocenters. The third-order valence-corrected chi connectivity index (χ3v) is 6.20. The molecular formula is C24H28F4O. The third-order valence-electron chi connectivity index (χ3n) is 6.20. The first kappa shape index (κ1) is 21.7. The fourth-order valence-corrected chi connectivity index (χ4v) is 4.14. The average molecular weight is 408 g/mol. The van der Waals surface area contributed by atoms with Gasteiger partial charge in [0, 0.05) is 0 Å². The van der Waals surface area contributed by atoms with E-state index in [1.807, 2.05) is 6.92 Å². The van der Waals surface area contributed by atoms with Crippen molar-refractivity contribution in [2.24, 2.45) is 11.8 Å². The fourth-order valence-electron chi connectivity index (χ4n) is 4.14. The minimum atomic E-state index is -4.11. The molecule has 0 heterocycles. The minimum Gasteiger partial charge on any atom is -0.429 e. The van der Waals surface area contributed by atoms with Crippen LogP contribution in [0.2, 0.25) is 0 Å². The Labute approximate surface area is 170 Å². The Morgan fingerprint density at radius 1 is 0.897 bits per heavy atom. The van der Waals surface area contributed by atoms with Crippen LogP contribution in [0.25, 0.3) is 0 Å². The zero-order valence-electron chi connectivity index (χ0n) is 17.4. The molecule has 0 radical (unpaired) electrons. The smallest absolute Gasteiger partial charge is 0.429 e. The second kappa shape index (κ2) is 8.37. The van der Waals surface area contributed by atoms with Crippen LogP contribution in [0.4, 0.5) is 17.6 Å². The first-order chi connectivity index (χ1) is 13.6. The number of alkyl halides is 2. The van der Waals surface area contributed by atoms with Crippen LogP contribution in [0.5, 0.6) is 5.75 Å². The number of rotatable bonds is 5. The number of ether oxygens (including phenoxy) is 1. The Hall–Kier alpha value is -2.04. The molecular weight excluding hydrogens is 380 g/mol. The molecule has 1 aliphatic carbocycles. The van der Waals surface area contributed by atoms with E-state index in [9.17, 15) is 17.6 Å². The van der Waals surface area contributed by atoms with Gasteiger partial charge in [-0.1, -0.05) is 19.8 Å². The molecule has 158 valence electrons. The highest BCUT2D eigenvalue weighted by Crippen LogP contribution is 2.37. The predicted molar refractivity (Wildman–Crippen MR) is 106 cm³/mol. The van der Waals surface area contributed by atoms with Crippen molar-refractivity contribution in [2.75, 3.05) is 0 Å². The lowest BCUT2D eigenvalue weighted by Gasteiger charge is -2.26. The molecule has 0 bridgehead atoms. The Kier molecular flexibility index (Phi) is 6.25. The average Bonchev–Trinajstić information content (AvgIpc) is 2.60. The Balaban J connectivity index is 1.82. The lowest BCUT2D eigenvalue weighted by atomic mass is 9.80. The summed E-state index contributed by atoms with van der Waals surface area (Å²) in [5.41, 5.74) is 1.58. The highest BCUT2D eigenvalue weighted by molar-refractivity contribution is 5.41. The van der Waals surface area contributed by atoms with Crippen LogP contribution in [-0.4, -0.2) is 0 Å². The van der Waals surface area contributed by atoms with Crippen LogP contribution in [0, 0.1) is 44.2 Å². The molecule has 3 rings (SSSR count). The largest absolute Gasteiger partial charge is 0.432 e. The summed E-state index contributed by atoms with van der Waals surface area (Å²) in [6.45, 7) is 7.62. The second-order valence-corrected chi connectivity index (χ2v) is 8.57. The third kappa shape index (κ3) is 4.93. The zero-order chi connectivity index (χ0) is 21.3. The van der Waals surface area contributed by atoms with E-state index in [0.717, 1.165) is 54.5 Å². The van der Waals surface area contributed by atoms with E-state index in [0.29, 0.717) is 23.8 Å². The quantitative estimate of drug-likeness (QED) is 0.469. The fraction of sp³-hybridized carbons (Fsp3) is 0.500. The SMILES string of the molecule is Cc1cc(OC(F)(F)c2c(F)cc(CC3CCC(C)CC3)cc2F)cc(C)c1C. The molecule has 1 aliphatic rings. The highest BCUT2D eigenvalue weighted by atomic mass is 19.3. The van der Waals surface area contributed by atoms with Crippen molar-refractivity contribution < 1.29 is 22.3 Å². The molecule has 2 aromatic carbocycles. The number of halogens is 4. The van der Waals surface area contributed by atoms with Gasteiger partial charge in [0.2, 0.25) is 0 Å².